The van der Waals surface area contributed by atoms with Gasteiger partial charge in [0.2, 0.25) is 0 Å². The number of nitrogens with two attached hydrogens (primary N) is 1. The van der Waals surface area contributed by atoms with Crippen LogP contribution in [0.25, 0.3) is 54.7 Å². The number of rotatable bonds is 15. The number of thioether (sulfide) groups is 3. The summed E-state index contributed by atoms with van der Waals surface area (Å²) in [6, 6.07) is 36.7. The van der Waals surface area contributed by atoms with E-state index in [2.05, 4.69) is 21.7 Å². The van der Waals surface area contributed by atoms with Gasteiger partial charge < -0.3 is 39.5 Å². The molecule has 2 amide bonds. The molecule has 0 atom stereocenters. The Bertz CT molecular complexity index is 4640. The van der Waals surface area contributed by atoms with Gasteiger partial charge in [-0.05, 0) is 125 Å². The fourth-order valence-electron chi connectivity index (χ4n) is 10.7. The van der Waals surface area contributed by atoms with Gasteiger partial charge in [0, 0.05) is 61.0 Å². The minimum atomic E-state index is -4.74. The number of amides is 2. The molecule has 10 aromatic rings. The minimum Gasteiger partial charge on any atom is -0.397 e. The SMILES string of the molecule is CCSc1cc2ccccc2cc1-c1nc2cc(C(F)(F)F)n(CC)c(=O)c2n1C.CCSc1cc2ccccc2cc1C(=O)N(C)c1c(N)cc(C(F)(F)F)n(CC)c1=O.CCSc1cc2ccccc2cc1C(=O)Nc1cc(C(F)(F)F)n(CC)c(=O)c1NC. The van der Waals surface area contributed by atoms with Gasteiger partial charge in [-0.25, -0.2) is 4.98 Å². The number of nitrogens with one attached hydrogen (secondary N) is 2. The fourth-order valence-corrected chi connectivity index (χ4v) is 13.1. The van der Waals surface area contributed by atoms with E-state index >= 15 is 0 Å². The van der Waals surface area contributed by atoms with Gasteiger partial charge in [0.25, 0.3) is 28.5 Å². The molecule has 92 heavy (non-hydrogen) atoms. The van der Waals surface area contributed by atoms with Crippen LogP contribution in [0.1, 0.15) is 79.3 Å². The van der Waals surface area contributed by atoms with E-state index in [1.807, 2.05) is 112 Å². The second-order valence-electron chi connectivity index (χ2n) is 20.5. The van der Waals surface area contributed by atoms with Crippen LogP contribution in [0.5, 0.6) is 0 Å². The van der Waals surface area contributed by atoms with Crippen LogP contribution >= 0.6 is 35.3 Å². The summed E-state index contributed by atoms with van der Waals surface area (Å²) in [5.41, 5.74) is 0.816. The molecule has 0 saturated heterocycles. The molecule has 6 aromatic carbocycles. The van der Waals surface area contributed by atoms with Gasteiger partial charge in [0.05, 0.1) is 28.0 Å². The Morgan fingerprint density at radius 3 is 1.41 bits per heavy atom. The highest BCUT2D eigenvalue weighted by Crippen LogP contribution is 2.39. The average Bonchev–Trinajstić information content (AvgIpc) is 1.51. The third-order valence-corrected chi connectivity index (χ3v) is 17.7. The van der Waals surface area contributed by atoms with Crippen LogP contribution in [0.4, 0.5) is 62.3 Å². The van der Waals surface area contributed by atoms with Crippen LogP contribution in [0, 0.1) is 0 Å². The number of anilines is 4. The number of nitrogen functional groups attached to an aromatic ring is 1. The number of carbonyl (C=O) groups is 2. The molecule has 0 radical (unpaired) electrons. The van der Waals surface area contributed by atoms with Crippen LogP contribution in [0.15, 0.2) is 156 Å². The lowest BCUT2D eigenvalue weighted by Crippen LogP contribution is -2.37. The number of pyridine rings is 3. The lowest BCUT2D eigenvalue weighted by molar-refractivity contribution is -0.144. The molecule has 0 spiro atoms. The van der Waals surface area contributed by atoms with Crippen molar-refractivity contribution < 1.29 is 49.1 Å². The first-order valence-electron chi connectivity index (χ1n) is 28.9. The number of imidazole rings is 1. The van der Waals surface area contributed by atoms with E-state index < -0.39 is 69.8 Å². The minimum absolute atomic E-state index is 0.0510. The molecule has 4 aromatic heterocycles. The average molecular weight is 1330 g/mol. The number of aromatic nitrogens is 5. The van der Waals surface area contributed by atoms with E-state index in [4.69, 9.17) is 5.73 Å². The summed E-state index contributed by atoms with van der Waals surface area (Å²) in [5.74, 6) is 1.63. The molecule has 10 rings (SSSR count). The van der Waals surface area contributed by atoms with Gasteiger partial charge in [0.1, 0.15) is 39.8 Å². The van der Waals surface area contributed by atoms with Gasteiger partial charge >= 0.3 is 18.5 Å². The number of halogens is 9. The van der Waals surface area contributed by atoms with Crippen molar-refractivity contribution in [2.24, 2.45) is 7.05 Å². The number of hydrogen-bond acceptors (Lipinski definition) is 11. The number of nitrogens with zero attached hydrogens (tertiary/aromatic N) is 6. The lowest BCUT2D eigenvalue weighted by atomic mass is 10.1. The van der Waals surface area contributed by atoms with Gasteiger partial charge in [-0.3, -0.25) is 24.0 Å². The third kappa shape index (κ3) is 14.4. The highest BCUT2D eigenvalue weighted by Gasteiger charge is 2.39. The van der Waals surface area contributed by atoms with Crippen molar-refractivity contribution in [1.82, 2.24) is 23.3 Å². The highest BCUT2D eigenvalue weighted by molar-refractivity contribution is 7.99. The standard InChI is InChI=1S/2C22H22F3N3O2S.C22H20F3N3OS/c1-4-28-18(22(23,24)25)12-16(26)19(21(28)30)27(3)20(29)15-10-13-8-6-7-9-14(13)11-17(15)31-5-2;1-4-28-18(22(23,24)25)12-16(19(26-3)21(28)30)27-20(29)15-10-13-8-6-7-9-14(13)11-17(15)31-5-2;1-4-28-18(22(23,24)25)12-16-19(21(28)29)27(3)20(26-16)15-10-13-8-6-7-9-14(13)11-17(15)30-5-2/h6-12H,4-5,26H2,1-3H3;6-12,26H,4-5H2,1-3H3,(H,27,29);6-12H,4-5H2,1-3H3. The predicted octanol–water partition coefficient (Wildman–Crippen LogP) is 16.2. The van der Waals surface area contributed by atoms with Crippen LogP contribution < -0.4 is 37.9 Å². The van der Waals surface area contributed by atoms with Gasteiger partial charge in [-0.2, -0.15) is 39.5 Å². The van der Waals surface area contributed by atoms with E-state index in [9.17, 15) is 63.5 Å². The molecular formula is C66H64F9N9O5S3. The van der Waals surface area contributed by atoms with E-state index in [-0.39, 0.29) is 47.7 Å². The highest BCUT2D eigenvalue weighted by atomic mass is 32.2. The molecule has 4 N–H and O–H groups in total. The molecule has 0 saturated carbocycles. The molecule has 14 nitrogen and oxygen atoms in total. The van der Waals surface area contributed by atoms with E-state index in [0.717, 1.165) is 75.0 Å². The van der Waals surface area contributed by atoms with Gasteiger partial charge in [0.15, 0.2) is 0 Å². The van der Waals surface area contributed by atoms with Gasteiger partial charge in [-0.15, -0.1) is 35.3 Å². The van der Waals surface area contributed by atoms with Gasteiger partial charge in [-0.1, -0.05) is 93.6 Å². The van der Waals surface area contributed by atoms with Crippen molar-refractivity contribution in [3.63, 3.8) is 0 Å². The molecule has 0 aliphatic heterocycles. The zero-order chi connectivity index (χ0) is 67.3. The zero-order valence-electron chi connectivity index (χ0n) is 51.3. The number of carbonyl (C=O) groups excluding carboxylic acids is 2. The Hall–Kier alpha value is -8.62. The van der Waals surface area contributed by atoms with Crippen molar-refractivity contribution >= 4 is 113 Å². The van der Waals surface area contributed by atoms with Crippen LogP contribution in [-0.4, -0.2) is 66.4 Å². The Balaban J connectivity index is 0.000000178. The van der Waals surface area contributed by atoms with E-state index in [1.165, 1.54) is 58.4 Å². The molecule has 0 fully saturated rings. The third-order valence-electron chi connectivity index (χ3n) is 14.9. The number of hydrogen-bond donors (Lipinski definition) is 3. The molecule has 0 aliphatic carbocycles. The first kappa shape index (κ1) is 69.3. The molecule has 0 aliphatic rings. The summed E-state index contributed by atoms with van der Waals surface area (Å²) in [5, 5.41) is 10.8. The Kier molecular flexibility index (Phi) is 21.5. The Morgan fingerprint density at radius 1 is 0.543 bits per heavy atom. The fraction of sp³-hybridized carbons (Fsp3) is 0.273. The predicted molar refractivity (Wildman–Crippen MR) is 353 cm³/mol. The van der Waals surface area contributed by atoms with Crippen molar-refractivity contribution in [1.29, 1.82) is 0 Å². The van der Waals surface area contributed by atoms with Crippen LogP contribution in [0.2, 0.25) is 0 Å². The zero-order valence-corrected chi connectivity index (χ0v) is 53.7. The van der Waals surface area contributed by atoms with Crippen LogP contribution in [0.3, 0.4) is 0 Å². The molecule has 0 unspecified atom stereocenters. The summed E-state index contributed by atoms with van der Waals surface area (Å²) in [6.45, 7) is 9.90. The number of fused-ring (bicyclic) bond motifs is 4. The summed E-state index contributed by atoms with van der Waals surface area (Å²) in [7, 11) is 4.45. The quantitative estimate of drug-likeness (QED) is 0.0659. The largest absolute Gasteiger partial charge is 0.431 e. The van der Waals surface area contributed by atoms with E-state index in [1.54, 1.807) is 35.5 Å². The first-order chi connectivity index (χ1) is 43.6. The Morgan fingerprint density at radius 2 is 0.946 bits per heavy atom. The summed E-state index contributed by atoms with van der Waals surface area (Å²) in [6.07, 6.45) is -14.1. The number of benzene rings is 6. The molecule has 26 heteroatoms. The smallest absolute Gasteiger partial charge is 0.397 e. The first-order valence-corrected chi connectivity index (χ1v) is 31.9. The maximum absolute atomic E-state index is 13.5. The van der Waals surface area contributed by atoms with Crippen molar-refractivity contribution in [3.8, 4) is 11.4 Å². The monoisotopic (exact) mass is 1330 g/mol. The second-order valence-corrected chi connectivity index (χ2v) is 24.4. The van der Waals surface area contributed by atoms with Crippen molar-refractivity contribution in [2.45, 2.75) is 94.4 Å². The second kappa shape index (κ2) is 28.5. The van der Waals surface area contributed by atoms with E-state index in [0.29, 0.717) is 48.6 Å². The van der Waals surface area contributed by atoms with Crippen molar-refractivity contribution in [3.05, 3.63) is 187 Å². The number of aryl methyl sites for hydroxylation is 1. The molecule has 0 bridgehead atoms. The molecule has 4 heterocycles. The lowest BCUT2D eigenvalue weighted by Gasteiger charge is -2.23. The van der Waals surface area contributed by atoms with Crippen molar-refractivity contribution in [2.75, 3.05) is 52.6 Å². The Labute approximate surface area is 535 Å². The number of alkyl halides is 9. The molecular weight excluding hydrogens is 1270 g/mol. The normalized spacial score (nSPS) is 11.8. The van der Waals surface area contributed by atoms with Crippen LogP contribution in [-0.2, 0) is 45.2 Å². The molecule has 484 valence electrons. The topological polar surface area (TPSA) is 171 Å². The maximum Gasteiger partial charge on any atom is 0.431 e. The summed E-state index contributed by atoms with van der Waals surface area (Å²) >= 11 is 4.56. The summed E-state index contributed by atoms with van der Waals surface area (Å²) in [4.78, 5) is 72.8. The summed E-state index contributed by atoms with van der Waals surface area (Å²) < 4.78 is 125. The maximum atomic E-state index is 13.5.